The van der Waals surface area contributed by atoms with E-state index >= 15 is 0 Å². The van der Waals surface area contributed by atoms with Crippen LogP contribution in [0.25, 0.3) is 10.9 Å². The number of fused-ring (bicyclic) bond motifs is 1. The number of ether oxygens (including phenoxy) is 1. The lowest BCUT2D eigenvalue weighted by Gasteiger charge is -2.32. The molecule has 2 heterocycles. The van der Waals surface area contributed by atoms with Crippen LogP contribution in [0.1, 0.15) is 54.2 Å². The normalized spacial score (nSPS) is 14.0. The standard InChI is InChI=1S/C29H38N6O3/c1-2-38-28(32)23-7-6-22-17-26(29(37)34-14-10-20(8-12-30)11-15-34)35(25(22)18-23)19-21-4-3-5-24(16-21)33-27(36)9-13-31/h3-7,16-18,20,32H,2,8-15,19,30-31H2,1H3,(H,33,36). The van der Waals surface area contributed by atoms with Crippen molar-refractivity contribution in [1.29, 1.82) is 5.41 Å². The summed E-state index contributed by atoms with van der Waals surface area (Å²) in [5, 5.41) is 12.1. The summed E-state index contributed by atoms with van der Waals surface area (Å²) in [4.78, 5) is 27.8. The third kappa shape index (κ3) is 6.41. The zero-order chi connectivity index (χ0) is 27.1. The van der Waals surface area contributed by atoms with Crippen LogP contribution in [-0.2, 0) is 16.1 Å². The van der Waals surface area contributed by atoms with Gasteiger partial charge in [0.2, 0.25) is 11.8 Å². The van der Waals surface area contributed by atoms with Crippen molar-refractivity contribution in [2.75, 3.05) is 38.1 Å². The monoisotopic (exact) mass is 518 g/mol. The lowest BCUT2D eigenvalue weighted by atomic mass is 9.93. The summed E-state index contributed by atoms with van der Waals surface area (Å²) in [5.74, 6) is 0.533. The fourth-order valence-electron chi connectivity index (χ4n) is 5.08. The first-order chi connectivity index (χ1) is 18.4. The molecule has 202 valence electrons. The largest absolute Gasteiger partial charge is 0.478 e. The van der Waals surface area contributed by atoms with Crippen molar-refractivity contribution in [3.8, 4) is 0 Å². The van der Waals surface area contributed by atoms with Crippen molar-refractivity contribution in [3.63, 3.8) is 0 Å². The predicted molar refractivity (Wildman–Crippen MR) is 151 cm³/mol. The van der Waals surface area contributed by atoms with Gasteiger partial charge in [0.05, 0.1) is 6.61 Å². The molecule has 1 saturated heterocycles. The number of anilines is 1. The Morgan fingerprint density at radius 3 is 2.58 bits per heavy atom. The van der Waals surface area contributed by atoms with Gasteiger partial charge in [0, 0.05) is 54.8 Å². The Morgan fingerprint density at radius 2 is 1.87 bits per heavy atom. The molecule has 38 heavy (non-hydrogen) atoms. The average molecular weight is 519 g/mol. The molecule has 0 saturated carbocycles. The van der Waals surface area contributed by atoms with E-state index in [1.165, 1.54) is 0 Å². The first kappa shape index (κ1) is 27.3. The number of benzene rings is 2. The molecule has 0 bridgehead atoms. The highest BCUT2D eigenvalue weighted by Crippen LogP contribution is 2.27. The van der Waals surface area contributed by atoms with E-state index in [4.69, 9.17) is 21.6 Å². The van der Waals surface area contributed by atoms with Crippen LogP contribution in [0.4, 0.5) is 5.69 Å². The molecule has 1 aliphatic heterocycles. The maximum atomic E-state index is 13.8. The van der Waals surface area contributed by atoms with E-state index in [0.29, 0.717) is 55.6 Å². The predicted octanol–water partition coefficient (Wildman–Crippen LogP) is 3.54. The molecule has 2 aromatic carbocycles. The Kier molecular flexibility index (Phi) is 9.15. The van der Waals surface area contributed by atoms with Crippen LogP contribution in [-0.4, -0.2) is 60.0 Å². The van der Waals surface area contributed by atoms with Gasteiger partial charge >= 0.3 is 0 Å². The number of carbonyl (C=O) groups is 2. The summed E-state index contributed by atoms with van der Waals surface area (Å²) in [6, 6.07) is 15.2. The number of nitrogens with one attached hydrogen (secondary N) is 2. The highest BCUT2D eigenvalue weighted by Gasteiger charge is 2.26. The molecule has 3 aromatic rings. The first-order valence-electron chi connectivity index (χ1n) is 13.4. The van der Waals surface area contributed by atoms with Crippen LogP contribution in [0.15, 0.2) is 48.5 Å². The zero-order valence-electron chi connectivity index (χ0n) is 22.0. The van der Waals surface area contributed by atoms with Crippen LogP contribution < -0.4 is 16.8 Å². The second-order valence-corrected chi connectivity index (χ2v) is 9.75. The van der Waals surface area contributed by atoms with Crippen molar-refractivity contribution in [3.05, 3.63) is 65.4 Å². The van der Waals surface area contributed by atoms with E-state index in [9.17, 15) is 9.59 Å². The second-order valence-electron chi connectivity index (χ2n) is 9.75. The molecule has 1 fully saturated rings. The van der Waals surface area contributed by atoms with Gasteiger partial charge in [-0.05, 0) is 74.5 Å². The van der Waals surface area contributed by atoms with Gasteiger partial charge in [0.1, 0.15) is 5.69 Å². The molecule has 0 spiro atoms. The molecular weight excluding hydrogens is 480 g/mol. The maximum Gasteiger partial charge on any atom is 0.270 e. The van der Waals surface area contributed by atoms with Gasteiger partial charge in [-0.1, -0.05) is 18.2 Å². The number of hydrogen-bond donors (Lipinski definition) is 4. The summed E-state index contributed by atoms with van der Waals surface area (Å²) in [6.45, 7) is 5.08. The molecule has 9 heteroatoms. The number of piperidine rings is 1. The molecular formula is C29H38N6O3. The smallest absolute Gasteiger partial charge is 0.270 e. The molecule has 1 aliphatic rings. The fourth-order valence-corrected chi connectivity index (χ4v) is 5.08. The van der Waals surface area contributed by atoms with Crippen molar-refractivity contribution in [2.45, 2.75) is 39.2 Å². The average Bonchev–Trinajstić information content (AvgIpc) is 3.27. The van der Waals surface area contributed by atoms with E-state index in [0.717, 1.165) is 35.7 Å². The number of carbonyl (C=O) groups excluding carboxylic acids is 2. The number of nitrogens with two attached hydrogens (primary N) is 2. The van der Waals surface area contributed by atoms with Gasteiger partial charge in [-0.15, -0.1) is 0 Å². The minimum absolute atomic E-state index is 0.00114. The van der Waals surface area contributed by atoms with Gasteiger partial charge < -0.3 is 31.0 Å². The number of rotatable bonds is 10. The fraction of sp³-hybridized carbons (Fsp3) is 0.414. The van der Waals surface area contributed by atoms with Crippen molar-refractivity contribution >= 4 is 34.3 Å². The number of nitrogens with zero attached hydrogens (tertiary/aromatic N) is 2. The van der Waals surface area contributed by atoms with Gasteiger partial charge in [-0.3, -0.25) is 15.0 Å². The second kappa shape index (κ2) is 12.7. The Bertz CT molecular complexity index is 1290. The third-order valence-electron chi connectivity index (χ3n) is 7.07. The topological polar surface area (TPSA) is 139 Å². The van der Waals surface area contributed by atoms with Crippen LogP contribution in [0, 0.1) is 11.3 Å². The van der Waals surface area contributed by atoms with Crippen LogP contribution >= 0.6 is 0 Å². The number of amides is 2. The van der Waals surface area contributed by atoms with Crippen LogP contribution in [0.2, 0.25) is 0 Å². The van der Waals surface area contributed by atoms with Gasteiger partial charge in [-0.25, -0.2) is 0 Å². The molecule has 0 aliphatic carbocycles. The number of aromatic nitrogens is 1. The highest BCUT2D eigenvalue weighted by atomic mass is 16.5. The van der Waals surface area contributed by atoms with Crippen molar-refractivity contribution in [1.82, 2.24) is 9.47 Å². The Hall–Kier alpha value is -3.69. The summed E-state index contributed by atoms with van der Waals surface area (Å²) in [6.07, 6.45) is 3.17. The van der Waals surface area contributed by atoms with Gasteiger partial charge in [-0.2, -0.15) is 0 Å². The molecule has 1 aromatic heterocycles. The molecule has 2 amide bonds. The SMILES string of the molecule is CCOC(=N)c1ccc2cc(C(=O)N3CCC(CCN)CC3)n(Cc3cccc(NC(=O)CCN)c3)c2c1. The van der Waals surface area contributed by atoms with E-state index in [2.05, 4.69) is 5.32 Å². The summed E-state index contributed by atoms with van der Waals surface area (Å²) >= 11 is 0. The molecule has 0 atom stereocenters. The maximum absolute atomic E-state index is 13.8. The first-order valence-corrected chi connectivity index (χ1v) is 13.4. The minimum atomic E-state index is -0.135. The van der Waals surface area contributed by atoms with Crippen molar-refractivity contribution < 1.29 is 14.3 Å². The lowest BCUT2D eigenvalue weighted by Crippen LogP contribution is -2.39. The zero-order valence-corrected chi connectivity index (χ0v) is 22.0. The Balaban J connectivity index is 1.68. The van der Waals surface area contributed by atoms with Crippen LogP contribution in [0.5, 0.6) is 0 Å². The molecule has 0 unspecified atom stereocenters. The van der Waals surface area contributed by atoms with Gasteiger partial charge in [0.15, 0.2) is 0 Å². The Morgan fingerprint density at radius 1 is 1.08 bits per heavy atom. The van der Waals surface area contributed by atoms with E-state index < -0.39 is 0 Å². The van der Waals surface area contributed by atoms with Gasteiger partial charge in [0.25, 0.3) is 5.91 Å². The summed E-state index contributed by atoms with van der Waals surface area (Å²) in [7, 11) is 0. The molecule has 9 nitrogen and oxygen atoms in total. The lowest BCUT2D eigenvalue weighted by molar-refractivity contribution is -0.116. The summed E-state index contributed by atoms with van der Waals surface area (Å²) < 4.78 is 7.43. The molecule has 4 rings (SSSR count). The van der Waals surface area contributed by atoms with E-state index in [1.807, 2.05) is 64.9 Å². The quantitative estimate of drug-likeness (QED) is 0.240. The van der Waals surface area contributed by atoms with E-state index in [-0.39, 0.29) is 30.7 Å². The highest BCUT2D eigenvalue weighted by molar-refractivity contribution is 6.01. The van der Waals surface area contributed by atoms with E-state index in [1.54, 1.807) is 0 Å². The third-order valence-corrected chi connectivity index (χ3v) is 7.07. The number of likely N-dealkylation sites (tertiary alicyclic amines) is 1. The summed E-state index contributed by atoms with van der Waals surface area (Å²) in [5.41, 5.74) is 15.0. The molecule has 0 radical (unpaired) electrons. The minimum Gasteiger partial charge on any atom is -0.478 e. The Labute approximate surface area is 223 Å². The van der Waals surface area contributed by atoms with Crippen molar-refractivity contribution in [2.24, 2.45) is 17.4 Å². The molecule has 6 N–H and O–H groups in total. The number of hydrogen-bond acceptors (Lipinski definition) is 6. The van der Waals surface area contributed by atoms with Crippen LogP contribution in [0.3, 0.4) is 0 Å².